The third kappa shape index (κ3) is 2.35. The number of aryl methyl sites for hydroxylation is 1. The van der Waals surface area contributed by atoms with Crippen LogP contribution in [0.4, 0.5) is 4.79 Å². The molecule has 0 N–H and O–H groups in total. The Kier molecular flexibility index (Phi) is 3.60. The molecule has 0 aliphatic rings. The lowest BCUT2D eigenvalue weighted by atomic mass is 10.2. The second kappa shape index (κ2) is 5.03. The van der Waals surface area contributed by atoms with Crippen LogP contribution >= 0.6 is 0 Å². The summed E-state index contributed by atoms with van der Waals surface area (Å²) >= 11 is 0. The Morgan fingerprint density at radius 2 is 1.74 bits per heavy atom. The van der Waals surface area contributed by atoms with Crippen molar-refractivity contribution in [2.75, 3.05) is 0 Å². The van der Waals surface area contributed by atoms with Crippen molar-refractivity contribution in [1.82, 2.24) is 14.5 Å². The molecular formula is C15H21N3O. The highest BCUT2D eigenvalue weighted by molar-refractivity contribution is 5.90. The van der Waals surface area contributed by atoms with Crippen LogP contribution in [-0.2, 0) is 0 Å². The van der Waals surface area contributed by atoms with Gasteiger partial charge >= 0.3 is 6.03 Å². The molecule has 0 aliphatic carbocycles. The van der Waals surface area contributed by atoms with Crippen LogP contribution in [0.3, 0.4) is 0 Å². The molecule has 0 saturated carbocycles. The first-order valence-electron chi connectivity index (χ1n) is 6.70. The monoisotopic (exact) mass is 259 g/mol. The van der Waals surface area contributed by atoms with E-state index in [-0.39, 0.29) is 18.1 Å². The highest BCUT2D eigenvalue weighted by Crippen LogP contribution is 2.18. The van der Waals surface area contributed by atoms with Crippen molar-refractivity contribution < 1.29 is 4.79 Å². The number of fused-ring (bicyclic) bond motifs is 1. The van der Waals surface area contributed by atoms with Gasteiger partial charge in [0.25, 0.3) is 0 Å². The zero-order chi connectivity index (χ0) is 14.2. The maximum Gasteiger partial charge on any atom is 0.330 e. The number of imidazole rings is 1. The molecule has 0 saturated heterocycles. The number of carbonyl (C=O) groups excluding carboxylic acids is 1. The number of nitrogens with zero attached hydrogens (tertiary/aromatic N) is 3. The summed E-state index contributed by atoms with van der Waals surface area (Å²) in [7, 11) is 0. The van der Waals surface area contributed by atoms with Gasteiger partial charge < -0.3 is 4.90 Å². The lowest BCUT2D eigenvalue weighted by Crippen LogP contribution is -2.44. The molecule has 0 aliphatic heterocycles. The van der Waals surface area contributed by atoms with Gasteiger partial charge in [0, 0.05) is 12.1 Å². The number of benzene rings is 1. The third-order valence-corrected chi connectivity index (χ3v) is 3.25. The van der Waals surface area contributed by atoms with Crippen molar-refractivity contribution >= 4 is 17.1 Å². The minimum Gasteiger partial charge on any atom is -0.319 e. The molecule has 1 amide bonds. The van der Waals surface area contributed by atoms with Crippen molar-refractivity contribution in [2.24, 2.45) is 0 Å². The Morgan fingerprint density at radius 1 is 1.16 bits per heavy atom. The van der Waals surface area contributed by atoms with Gasteiger partial charge in [0.05, 0.1) is 11.0 Å². The maximum atomic E-state index is 12.8. The summed E-state index contributed by atoms with van der Waals surface area (Å²) in [4.78, 5) is 19.1. The molecule has 1 aromatic heterocycles. The van der Waals surface area contributed by atoms with Gasteiger partial charge in [0.1, 0.15) is 5.82 Å². The van der Waals surface area contributed by atoms with E-state index in [1.165, 1.54) is 0 Å². The Labute approximate surface area is 114 Å². The van der Waals surface area contributed by atoms with Gasteiger partial charge in [-0.15, -0.1) is 0 Å². The third-order valence-electron chi connectivity index (χ3n) is 3.25. The summed E-state index contributed by atoms with van der Waals surface area (Å²) in [6.07, 6.45) is 0. The van der Waals surface area contributed by atoms with E-state index in [0.29, 0.717) is 0 Å². The largest absolute Gasteiger partial charge is 0.330 e. The molecule has 1 heterocycles. The fourth-order valence-electron chi connectivity index (χ4n) is 2.54. The predicted molar refractivity (Wildman–Crippen MR) is 77.4 cm³/mol. The molecule has 0 atom stereocenters. The van der Waals surface area contributed by atoms with Crippen molar-refractivity contribution in [3.05, 3.63) is 30.1 Å². The number of rotatable bonds is 2. The standard InChI is InChI=1S/C15H21N3O/c1-10(2)17(11(3)4)15(19)18-12(5)16-13-8-6-7-9-14(13)18/h6-11H,1-5H3. The van der Waals surface area contributed by atoms with Crippen LogP contribution in [0.5, 0.6) is 0 Å². The van der Waals surface area contributed by atoms with E-state index in [4.69, 9.17) is 0 Å². The van der Waals surface area contributed by atoms with E-state index >= 15 is 0 Å². The number of hydrogen-bond acceptors (Lipinski definition) is 2. The van der Waals surface area contributed by atoms with E-state index in [1.807, 2.05) is 63.8 Å². The minimum atomic E-state index is -0.00352. The number of amides is 1. The van der Waals surface area contributed by atoms with Gasteiger partial charge in [-0.25, -0.2) is 14.3 Å². The number of aromatic nitrogens is 2. The van der Waals surface area contributed by atoms with Gasteiger partial charge in [0.15, 0.2) is 0 Å². The Balaban J connectivity index is 2.54. The zero-order valence-electron chi connectivity index (χ0n) is 12.2. The Morgan fingerprint density at radius 3 is 2.32 bits per heavy atom. The first-order valence-corrected chi connectivity index (χ1v) is 6.70. The molecule has 102 valence electrons. The first kappa shape index (κ1) is 13.6. The van der Waals surface area contributed by atoms with Crippen LogP contribution < -0.4 is 0 Å². The molecule has 0 spiro atoms. The van der Waals surface area contributed by atoms with Crippen LogP contribution in [0.2, 0.25) is 0 Å². The van der Waals surface area contributed by atoms with Crippen LogP contribution in [0, 0.1) is 6.92 Å². The zero-order valence-corrected chi connectivity index (χ0v) is 12.2. The van der Waals surface area contributed by atoms with Crippen molar-refractivity contribution in [3.8, 4) is 0 Å². The van der Waals surface area contributed by atoms with Crippen molar-refractivity contribution in [3.63, 3.8) is 0 Å². The summed E-state index contributed by atoms with van der Waals surface area (Å²) < 4.78 is 1.70. The molecule has 19 heavy (non-hydrogen) atoms. The fraction of sp³-hybridized carbons (Fsp3) is 0.467. The second-order valence-corrected chi connectivity index (χ2v) is 5.36. The summed E-state index contributed by atoms with van der Waals surface area (Å²) in [6.45, 7) is 10.0. The summed E-state index contributed by atoms with van der Waals surface area (Å²) in [5.74, 6) is 0.734. The molecule has 1 aromatic carbocycles. The van der Waals surface area contributed by atoms with Gasteiger partial charge in [0.2, 0.25) is 0 Å². The molecule has 0 unspecified atom stereocenters. The average Bonchev–Trinajstić information content (AvgIpc) is 2.63. The number of carbonyl (C=O) groups is 1. The Hall–Kier alpha value is -1.84. The molecule has 4 nitrogen and oxygen atoms in total. The van der Waals surface area contributed by atoms with Crippen LogP contribution in [0.25, 0.3) is 11.0 Å². The Bertz CT molecular complexity index is 590. The van der Waals surface area contributed by atoms with E-state index in [9.17, 15) is 4.79 Å². The van der Waals surface area contributed by atoms with E-state index in [0.717, 1.165) is 16.9 Å². The SMILES string of the molecule is Cc1nc2ccccc2n1C(=O)N(C(C)C)C(C)C. The van der Waals surface area contributed by atoms with Gasteiger partial charge in [-0.1, -0.05) is 12.1 Å². The van der Waals surface area contributed by atoms with Crippen molar-refractivity contribution in [1.29, 1.82) is 0 Å². The smallest absolute Gasteiger partial charge is 0.319 e. The molecule has 0 bridgehead atoms. The van der Waals surface area contributed by atoms with Crippen LogP contribution in [0.1, 0.15) is 33.5 Å². The quantitative estimate of drug-likeness (QED) is 0.828. The lowest BCUT2D eigenvalue weighted by molar-refractivity contribution is 0.167. The molecule has 2 rings (SSSR count). The highest BCUT2D eigenvalue weighted by atomic mass is 16.2. The number of para-hydroxylation sites is 2. The predicted octanol–water partition coefficient (Wildman–Crippen LogP) is 3.43. The molecule has 0 fully saturated rings. The molecule has 4 heteroatoms. The maximum absolute atomic E-state index is 12.8. The summed E-state index contributed by atoms with van der Waals surface area (Å²) in [6, 6.07) is 8.05. The van der Waals surface area contributed by atoms with E-state index < -0.39 is 0 Å². The lowest BCUT2D eigenvalue weighted by Gasteiger charge is -2.31. The van der Waals surface area contributed by atoms with E-state index in [2.05, 4.69) is 4.98 Å². The van der Waals surface area contributed by atoms with E-state index in [1.54, 1.807) is 4.57 Å². The topological polar surface area (TPSA) is 38.1 Å². The molecule has 0 radical (unpaired) electrons. The highest BCUT2D eigenvalue weighted by Gasteiger charge is 2.24. The molecular weight excluding hydrogens is 238 g/mol. The minimum absolute atomic E-state index is 0.00352. The first-order chi connectivity index (χ1) is 8.93. The summed E-state index contributed by atoms with van der Waals surface area (Å²) in [5, 5.41) is 0. The van der Waals surface area contributed by atoms with Crippen LogP contribution in [0.15, 0.2) is 24.3 Å². The summed E-state index contributed by atoms with van der Waals surface area (Å²) in [5.41, 5.74) is 1.73. The van der Waals surface area contributed by atoms with Crippen molar-refractivity contribution in [2.45, 2.75) is 46.7 Å². The molecule has 2 aromatic rings. The fourth-order valence-corrected chi connectivity index (χ4v) is 2.54. The van der Waals surface area contributed by atoms with Gasteiger partial charge in [-0.05, 0) is 46.8 Å². The van der Waals surface area contributed by atoms with Crippen LogP contribution in [-0.4, -0.2) is 32.6 Å². The van der Waals surface area contributed by atoms with Gasteiger partial charge in [-0.3, -0.25) is 0 Å². The normalized spacial score (nSPS) is 11.5. The average molecular weight is 259 g/mol. The number of hydrogen-bond donors (Lipinski definition) is 0. The van der Waals surface area contributed by atoms with Gasteiger partial charge in [-0.2, -0.15) is 0 Å². The second-order valence-electron chi connectivity index (χ2n) is 5.36.